The summed E-state index contributed by atoms with van der Waals surface area (Å²) in [7, 11) is 0. The lowest BCUT2D eigenvalue weighted by Gasteiger charge is -2.11. The normalized spacial score (nSPS) is 10.7. The van der Waals surface area contributed by atoms with E-state index >= 15 is 0 Å². The molecule has 2 nitrogen and oxygen atoms in total. The molecule has 3 aromatic rings. The fourth-order valence-corrected chi connectivity index (χ4v) is 3.48. The fraction of sp³-hybridized carbons (Fsp3) is 0.125. The van der Waals surface area contributed by atoms with Crippen molar-refractivity contribution in [1.29, 1.82) is 0 Å². The van der Waals surface area contributed by atoms with Crippen LogP contribution < -0.4 is 10.2 Å². The topological polar surface area (TPSA) is 24.1 Å². The van der Waals surface area contributed by atoms with E-state index in [9.17, 15) is 0 Å². The summed E-state index contributed by atoms with van der Waals surface area (Å²) >= 11 is 7.51. The van der Waals surface area contributed by atoms with Gasteiger partial charge in [0.1, 0.15) is 5.00 Å². The second-order valence-corrected chi connectivity index (χ2v) is 5.77. The Morgan fingerprint density at radius 2 is 1.80 bits per heavy atom. The molecule has 0 saturated heterocycles. The third-order valence-corrected chi connectivity index (χ3v) is 4.73. The summed E-state index contributed by atoms with van der Waals surface area (Å²) < 4.78 is 1.21. The number of hydrogen-bond acceptors (Lipinski definition) is 3. The van der Waals surface area contributed by atoms with Gasteiger partial charge in [-0.25, -0.2) is 0 Å². The van der Waals surface area contributed by atoms with Crippen LogP contribution >= 0.6 is 23.1 Å². The number of anilines is 3. The fourth-order valence-electron chi connectivity index (χ4n) is 2.32. The second kappa shape index (κ2) is 5.73. The zero-order valence-electron chi connectivity index (χ0n) is 11.1. The van der Waals surface area contributed by atoms with E-state index in [0.717, 1.165) is 22.8 Å². The van der Waals surface area contributed by atoms with Crippen LogP contribution in [0.3, 0.4) is 0 Å². The van der Waals surface area contributed by atoms with Gasteiger partial charge in [-0.1, -0.05) is 43.3 Å². The maximum Gasteiger partial charge on any atom is 0.128 e. The van der Waals surface area contributed by atoms with Gasteiger partial charge in [-0.2, -0.15) is 0 Å². The number of para-hydroxylation sites is 1. The first kappa shape index (κ1) is 13.3. The summed E-state index contributed by atoms with van der Waals surface area (Å²) in [5.74, 6) is 0. The van der Waals surface area contributed by atoms with Crippen LogP contribution in [-0.2, 0) is 6.42 Å². The van der Waals surface area contributed by atoms with E-state index in [-0.39, 0.29) is 0 Å². The van der Waals surface area contributed by atoms with Gasteiger partial charge >= 0.3 is 0 Å². The smallest absolute Gasteiger partial charge is 0.128 e. The lowest BCUT2D eigenvalue weighted by Crippen LogP contribution is -1.95. The molecule has 0 atom stereocenters. The van der Waals surface area contributed by atoms with Crippen molar-refractivity contribution < 1.29 is 0 Å². The van der Waals surface area contributed by atoms with Crippen LogP contribution in [0.15, 0.2) is 48.5 Å². The molecule has 0 amide bonds. The van der Waals surface area contributed by atoms with Crippen molar-refractivity contribution in [3.63, 3.8) is 0 Å². The number of rotatable bonds is 4. The van der Waals surface area contributed by atoms with Gasteiger partial charge in [-0.3, -0.25) is 4.84 Å². The molecule has 3 rings (SSSR count). The zero-order valence-corrected chi connectivity index (χ0v) is 12.7. The molecule has 4 heteroatoms. The van der Waals surface area contributed by atoms with E-state index in [1.165, 1.54) is 15.6 Å². The zero-order chi connectivity index (χ0) is 13.9. The van der Waals surface area contributed by atoms with E-state index in [2.05, 4.69) is 47.4 Å². The highest BCUT2D eigenvalue weighted by molar-refractivity contribution is 7.24. The standard InChI is InChI=1S/C16H15ClN2S/c1-2-11-7-3-5-9-13(11)18-15-12-8-4-6-10-14(12)20-16(15)19-17/h3-10,18-19H,2H2,1H3. The summed E-state index contributed by atoms with van der Waals surface area (Å²) in [6, 6.07) is 16.7. The Labute approximate surface area is 127 Å². The largest absolute Gasteiger partial charge is 0.352 e. The molecular weight excluding hydrogens is 288 g/mol. The Kier molecular flexibility index (Phi) is 3.81. The van der Waals surface area contributed by atoms with E-state index in [1.807, 2.05) is 18.2 Å². The van der Waals surface area contributed by atoms with Gasteiger partial charge < -0.3 is 5.32 Å². The molecule has 0 aliphatic carbocycles. The minimum atomic E-state index is 0.943. The van der Waals surface area contributed by atoms with Crippen molar-refractivity contribution in [3.8, 4) is 0 Å². The highest BCUT2D eigenvalue weighted by Gasteiger charge is 2.12. The van der Waals surface area contributed by atoms with Crippen LogP contribution in [0, 0.1) is 0 Å². The summed E-state index contributed by atoms with van der Waals surface area (Å²) in [6.07, 6.45) is 0.995. The molecule has 0 unspecified atom stereocenters. The average Bonchev–Trinajstić information content (AvgIpc) is 2.86. The maximum absolute atomic E-state index is 5.86. The third-order valence-electron chi connectivity index (χ3n) is 3.34. The van der Waals surface area contributed by atoms with Crippen LogP contribution in [-0.4, -0.2) is 0 Å². The van der Waals surface area contributed by atoms with Crippen molar-refractivity contribution >= 4 is 49.6 Å². The summed E-state index contributed by atoms with van der Waals surface area (Å²) in [4.78, 5) is 2.77. The molecule has 0 fully saturated rings. The van der Waals surface area contributed by atoms with Gasteiger partial charge in [0.05, 0.1) is 5.69 Å². The molecule has 0 saturated carbocycles. The first-order valence-electron chi connectivity index (χ1n) is 6.56. The van der Waals surface area contributed by atoms with Crippen LogP contribution in [0.4, 0.5) is 16.4 Å². The number of nitrogens with one attached hydrogen (secondary N) is 2. The minimum absolute atomic E-state index is 0.943. The Hall–Kier alpha value is -1.71. The van der Waals surface area contributed by atoms with Crippen molar-refractivity contribution in [1.82, 2.24) is 0 Å². The number of fused-ring (bicyclic) bond motifs is 1. The van der Waals surface area contributed by atoms with Crippen LogP contribution in [0.5, 0.6) is 0 Å². The SMILES string of the molecule is CCc1ccccc1Nc1c(NCl)sc2ccccc12. The van der Waals surface area contributed by atoms with Gasteiger partial charge in [0.25, 0.3) is 0 Å². The molecule has 0 aliphatic rings. The number of thiophene rings is 1. The molecule has 102 valence electrons. The second-order valence-electron chi connectivity index (χ2n) is 4.53. The van der Waals surface area contributed by atoms with Gasteiger partial charge in [0.15, 0.2) is 0 Å². The average molecular weight is 303 g/mol. The van der Waals surface area contributed by atoms with E-state index in [0.29, 0.717) is 0 Å². The summed E-state index contributed by atoms with van der Waals surface area (Å²) in [5, 5.41) is 5.66. The van der Waals surface area contributed by atoms with Crippen molar-refractivity contribution in [2.45, 2.75) is 13.3 Å². The minimum Gasteiger partial charge on any atom is -0.352 e. The van der Waals surface area contributed by atoms with E-state index < -0.39 is 0 Å². The molecule has 20 heavy (non-hydrogen) atoms. The van der Waals surface area contributed by atoms with Crippen molar-refractivity contribution in [3.05, 3.63) is 54.1 Å². The molecule has 2 aromatic carbocycles. The Morgan fingerprint density at radius 1 is 1.05 bits per heavy atom. The lowest BCUT2D eigenvalue weighted by atomic mass is 10.1. The Morgan fingerprint density at radius 3 is 2.60 bits per heavy atom. The molecule has 0 aliphatic heterocycles. The Balaban J connectivity index is 2.10. The van der Waals surface area contributed by atoms with Crippen molar-refractivity contribution in [2.75, 3.05) is 10.2 Å². The molecule has 0 bridgehead atoms. The highest BCUT2D eigenvalue weighted by atomic mass is 35.5. The van der Waals surface area contributed by atoms with E-state index in [4.69, 9.17) is 11.8 Å². The molecule has 1 aromatic heterocycles. The maximum atomic E-state index is 5.86. The first-order chi connectivity index (χ1) is 9.83. The first-order valence-corrected chi connectivity index (χ1v) is 7.76. The quantitative estimate of drug-likeness (QED) is 0.598. The number of aryl methyl sites for hydroxylation is 1. The third kappa shape index (κ3) is 2.35. The molecule has 0 radical (unpaired) electrons. The Bertz CT molecular complexity index is 736. The van der Waals surface area contributed by atoms with Gasteiger partial charge in [-0.05, 0) is 24.1 Å². The van der Waals surface area contributed by atoms with Gasteiger partial charge in [0.2, 0.25) is 0 Å². The van der Waals surface area contributed by atoms with Crippen LogP contribution in [0.25, 0.3) is 10.1 Å². The predicted octanol–water partition coefficient (Wildman–Crippen LogP) is 5.77. The molecular formula is C16H15ClN2S. The number of halogens is 1. The molecule has 1 heterocycles. The van der Waals surface area contributed by atoms with Crippen LogP contribution in [0.2, 0.25) is 0 Å². The predicted molar refractivity (Wildman–Crippen MR) is 90.4 cm³/mol. The van der Waals surface area contributed by atoms with Gasteiger partial charge in [0, 0.05) is 27.6 Å². The van der Waals surface area contributed by atoms with Gasteiger partial charge in [-0.15, -0.1) is 11.3 Å². The molecule has 0 spiro atoms. The van der Waals surface area contributed by atoms with E-state index in [1.54, 1.807) is 11.3 Å². The van der Waals surface area contributed by atoms with Crippen molar-refractivity contribution in [2.24, 2.45) is 0 Å². The number of hydrogen-bond donors (Lipinski definition) is 2. The summed E-state index contributed by atoms with van der Waals surface area (Å²) in [6.45, 7) is 2.16. The lowest BCUT2D eigenvalue weighted by molar-refractivity contribution is 1.14. The van der Waals surface area contributed by atoms with Crippen LogP contribution in [0.1, 0.15) is 12.5 Å². The monoisotopic (exact) mass is 302 g/mol. The summed E-state index contributed by atoms with van der Waals surface area (Å²) in [5.41, 5.74) is 3.47. The highest BCUT2D eigenvalue weighted by Crippen LogP contribution is 2.42. The number of benzene rings is 2. The molecule has 2 N–H and O–H groups in total.